The number of benzene rings is 2. The standard InChI is InChI=1S/C37H54N6O7S/c1-24(2)33(35(46)40-30(22-44)21-28-10-7-6-8-11-28)42-34(45)32(41-37(47)50-23-29-20-26(4)13-16-27(29)5)12-9-19-39-36(38)43-51(48,49)31-17-14-25(3)15-18-31/h13-18,20,22,24,28,30,32-33H,6-12,19,21,23H2,1-5H3,(H,40,46)(H,41,47)(H,42,45)(H3,38,39,43)/t30?,32-,33-/m0/s1. The molecule has 51 heavy (non-hydrogen) atoms. The van der Waals surface area contributed by atoms with Gasteiger partial charge in [0.25, 0.3) is 10.0 Å². The van der Waals surface area contributed by atoms with Gasteiger partial charge >= 0.3 is 6.09 Å². The van der Waals surface area contributed by atoms with Crippen molar-refractivity contribution in [3.05, 3.63) is 64.7 Å². The molecule has 3 atom stereocenters. The number of carbonyl (C=O) groups is 4. The largest absolute Gasteiger partial charge is 0.445 e. The highest BCUT2D eigenvalue weighted by atomic mass is 32.2. The number of hydrogen-bond donors (Lipinski definition) is 5. The van der Waals surface area contributed by atoms with E-state index in [1.165, 1.54) is 18.6 Å². The average molecular weight is 727 g/mol. The summed E-state index contributed by atoms with van der Waals surface area (Å²) in [5.74, 6) is -1.41. The second-order valence-corrected chi connectivity index (χ2v) is 15.4. The lowest BCUT2D eigenvalue weighted by molar-refractivity contribution is -0.132. The lowest BCUT2D eigenvalue weighted by Gasteiger charge is -2.28. The predicted molar refractivity (Wildman–Crippen MR) is 196 cm³/mol. The molecule has 1 saturated carbocycles. The molecule has 3 amide bonds. The van der Waals surface area contributed by atoms with Gasteiger partial charge in [-0.2, -0.15) is 0 Å². The molecule has 2 aromatic carbocycles. The highest BCUT2D eigenvalue weighted by Gasteiger charge is 2.31. The molecule has 0 aliphatic heterocycles. The molecule has 280 valence electrons. The molecule has 2 aromatic rings. The van der Waals surface area contributed by atoms with Crippen molar-refractivity contribution in [3.63, 3.8) is 0 Å². The lowest BCUT2D eigenvalue weighted by Crippen LogP contribution is -2.57. The quantitative estimate of drug-likeness (QED) is 0.0696. The van der Waals surface area contributed by atoms with Gasteiger partial charge in [-0.3, -0.25) is 14.6 Å². The van der Waals surface area contributed by atoms with Gasteiger partial charge in [-0.05, 0) is 75.1 Å². The van der Waals surface area contributed by atoms with Crippen molar-refractivity contribution in [1.82, 2.24) is 20.7 Å². The van der Waals surface area contributed by atoms with E-state index in [4.69, 9.17) is 10.5 Å². The summed E-state index contributed by atoms with van der Waals surface area (Å²) in [6, 6.07) is 9.26. The van der Waals surface area contributed by atoms with Crippen molar-refractivity contribution in [2.75, 3.05) is 6.54 Å². The van der Waals surface area contributed by atoms with Crippen LogP contribution in [0.2, 0.25) is 0 Å². The summed E-state index contributed by atoms with van der Waals surface area (Å²) in [5, 5.41) is 8.17. The number of nitrogens with two attached hydrogens (primary N) is 1. The SMILES string of the molecule is Cc1ccc(S(=O)(=O)NC(N)=NCCC[C@H](NC(=O)OCc2cc(C)ccc2C)C(=O)N[C@H](C(=O)NC(C=O)CC2CCCCC2)C(C)C)cc1. The topological polar surface area (TPSA) is 198 Å². The number of ether oxygens (including phenoxy) is 1. The first kappa shape index (κ1) is 41.0. The summed E-state index contributed by atoms with van der Waals surface area (Å²) in [5.41, 5.74) is 9.53. The second-order valence-electron chi connectivity index (χ2n) is 13.8. The number of nitrogens with one attached hydrogen (secondary N) is 4. The number of amides is 3. The number of guanidine groups is 1. The van der Waals surface area contributed by atoms with Gasteiger partial charge in [-0.25, -0.2) is 17.9 Å². The molecule has 3 rings (SSSR count). The first-order chi connectivity index (χ1) is 24.2. The molecule has 0 aromatic heterocycles. The molecule has 14 heteroatoms. The first-order valence-electron chi connectivity index (χ1n) is 17.6. The van der Waals surface area contributed by atoms with Gasteiger partial charge in [0.05, 0.1) is 10.9 Å². The van der Waals surface area contributed by atoms with Gasteiger partial charge in [0, 0.05) is 6.54 Å². The van der Waals surface area contributed by atoms with Crippen LogP contribution in [-0.2, 0) is 35.8 Å². The summed E-state index contributed by atoms with van der Waals surface area (Å²) in [6.07, 6.45) is 6.18. The molecule has 0 spiro atoms. The Morgan fingerprint density at radius 2 is 1.61 bits per heavy atom. The molecule has 0 saturated heterocycles. The van der Waals surface area contributed by atoms with Gasteiger partial charge in [-0.15, -0.1) is 0 Å². The molecule has 0 heterocycles. The van der Waals surface area contributed by atoms with Gasteiger partial charge in [0.2, 0.25) is 17.8 Å². The normalized spacial score (nSPS) is 15.7. The molecular formula is C37H54N6O7S. The number of carbonyl (C=O) groups excluding carboxylic acids is 4. The zero-order valence-electron chi connectivity index (χ0n) is 30.4. The minimum absolute atomic E-state index is 0.0132. The smallest absolute Gasteiger partial charge is 0.408 e. The van der Waals surface area contributed by atoms with Crippen LogP contribution in [0.25, 0.3) is 0 Å². The van der Waals surface area contributed by atoms with E-state index in [0.717, 1.165) is 54.2 Å². The monoisotopic (exact) mass is 726 g/mol. The van der Waals surface area contributed by atoms with Crippen LogP contribution in [0.1, 0.15) is 87.5 Å². The molecule has 0 radical (unpaired) electrons. The van der Waals surface area contributed by atoms with Gasteiger partial charge in [0.15, 0.2) is 0 Å². The number of alkyl carbamates (subject to hydrolysis) is 1. The van der Waals surface area contributed by atoms with Crippen LogP contribution in [0.5, 0.6) is 0 Å². The molecule has 1 aliphatic rings. The highest BCUT2D eigenvalue weighted by molar-refractivity contribution is 7.90. The first-order valence-corrected chi connectivity index (χ1v) is 19.1. The third kappa shape index (κ3) is 13.6. The molecule has 1 aliphatic carbocycles. The maximum absolute atomic E-state index is 13.7. The molecule has 13 nitrogen and oxygen atoms in total. The van der Waals surface area contributed by atoms with Crippen molar-refractivity contribution in [1.29, 1.82) is 0 Å². The second kappa shape index (κ2) is 19.8. The Balaban J connectivity index is 1.68. The van der Waals surface area contributed by atoms with Crippen molar-refractivity contribution < 1.29 is 32.3 Å². The molecular weight excluding hydrogens is 673 g/mol. The summed E-state index contributed by atoms with van der Waals surface area (Å²) in [7, 11) is -3.95. The fourth-order valence-corrected chi connectivity index (χ4v) is 6.94. The van der Waals surface area contributed by atoms with E-state index in [-0.39, 0.29) is 42.8 Å². The van der Waals surface area contributed by atoms with Crippen LogP contribution in [0.15, 0.2) is 52.4 Å². The zero-order valence-corrected chi connectivity index (χ0v) is 31.2. The van der Waals surface area contributed by atoms with Crippen LogP contribution in [0, 0.1) is 32.6 Å². The number of nitrogens with zero attached hydrogens (tertiary/aromatic N) is 1. The van der Waals surface area contributed by atoms with Crippen molar-refractivity contribution >= 4 is 40.2 Å². The Morgan fingerprint density at radius 3 is 2.25 bits per heavy atom. The van der Waals surface area contributed by atoms with Crippen LogP contribution in [0.4, 0.5) is 4.79 Å². The Morgan fingerprint density at radius 1 is 0.941 bits per heavy atom. The summed E-state index contributed by atoms with van der Waals surface area (Å²) >= 11 is 0. The Kier molecular flexibility index (Phi) is 15.9. The van der Waals surface area contributed by atoms with E-state index < -0.39 is 46.1 Å². The van der Waals surface area contributed by atoms with Crippen LogP contribution < -0.4 is 26.4 Å². The van der Waals surface area contributed by atoms with Crippen LogP contribution >= 0.6 is 0 Å². The van der Waals surface area contributed by atoms with Crippen molar-refractivity contribution in [2.45, 2.75) is 116 Å². The average Bonchev–Trinajstić information content (AvgIpc) is 3.08. The molecule has 1 fully saturated rings. The minimum Gasteiger partial charge on any atom is -0.445 e. The molecule has 1 unspecified atom stereocenters. The van der Waals surface area contributed by atoms with Crippen molar-refractivity contribution in [3.8, 4) is 0 Å². The van der Waals surface area contributed by atoms with Crippen molar-refractivity contribution in [2.24, 2.45) is 22.6 Å². The summed E-state index contributed by atoms with van der Waals surface area (Å²) in [4.78, 5) is 56.0. The van der Waals surface area contributed by atoms with E-state index in [1.807, 2.05) is 39.0 Å². The van der Waals surface area contributed by atoms with E-state index in [2.05, 4.69) is 25.7 Å². The third-order valence-electron chi connectivity index (χ3n) is 9.03. The third-order valence-corrected chi connectivity index (χ3v) is 10.4. The van der Waals surface area contributed by atoms with E-state index in [0.29, 0.717) is 12.3 Å². The van der Waals surface area contributed by atoms with Gasteiger partial charge < -0.3 is 31.2 Å². The number of hydrogen-bond acceptors (Lipinski definition) is 8. The minimum atomic E-state index is -3.95. The van der Waals surface area contributed by atoms with Crippen LogP contribution in [-0.4, -0.2) is 63.2 Å². The Labute approximate surface area is 302 Å². The number of sulfonamides is 1. The van der Waals surface area contributed by atoms with Gasteiger partial charge in [0.1, 0.15) is 25.0 Å². The molecule has 6 N–H and O–H groups in total. The fraction of sp³-hybridized carbons (Fsp3) is 0.541. The Bertz CT molecular complexity index is 1620. The Hall–Kier alpha value is -4.46. The summed E-state index contributed by atoms with van der Waals surface area (Å²) < 4.78 is 33.0. The highest BCUT2D eigenvalue weighted by Crippen LogP contribution is 2.27. The number of aryl methyl sites for hydroxylation is 3. The number of rotatable bonds is 17. The van der Waals surface area contributed by atoms with E-state index >= 15 is 0 Å². The fourth-order valence-electron chi connectivity index (χ4n) is 5.98. The number of aldehydes is 1. The van der Waals surface area contributed by atoms with Crippen LogP contribution in [0.3, 0.4) is 0 Å². The zero-order chi connectivity index (χ0) is 37.6. The molecule has 0 bridgehead atoms. The maximum Gasteiger partial charge on any atom is 0.408 e. The van der Waals surface area contributed by atoms with E-state index in [1.54, 1.807) is 26.0 Å². The lowest BCUT2D eigenvalue weighted by atomic mass is 9.85. The predicted octanol–water partition coefficient (Wildman–Crippen LogP) is 4.07. The van der Waals surface area contributed by atoms with E-state index in [9.17, 15) is 27.6 Å². The number of aliphatic imine (C=N–C) groups is 1. The maximum atomic E-state index is 13.7. The van der Waals surface area contributed by atoms with Gasteiger partial charge in [-0.1, -0.05) is 87.4 Å². The summed E-state index contributed by atoms with van der Waals surface area (Å²) in [6.45, 7) is 9.24.